The van der Waals surface area contributed by atoms with Crippen molar-refractivity contribution >= 4 is 16.3 Å². The zero-order chi connectivity index (χ0) is 13.4. The highest BCUT2D eigenvalue weighted by Gasteiger charge is 2.22. The van der Waals surface area contributed by atoms with Crippen molar-refractivity contribution in [3.05, 3.63) is 33.7 Å². The molecule has 1 fully saturated rings. The summed E-state index contributed by atoms with van der Waals surface area (Å²) < 4.78 is 7.29. The smallest absolute Gasteiger partial charge is 0.258 e. The lowest BCUT2D eigenvalue weighted by molar-refractivity contribution is -0.0707. The van der Waals surface area contributed by atoms with E-state index in [0.29, 0.717) is 6.54 Å². The number of hydrogen-bond donors (Lipinski definition) is 0. The maximum atomic E-state index is 11.9. The van der Waals surface area contributed by atoms with Gasteiger partial charge in [-0.15, -0.1) is 11.3 Å². The van der Waals surface area contributed by atoms with Crippen molar-refractivity contribution in [2.24, 2.45) is 0 Å². The van der Waals surface area contributed by atoms with E-state index in [2.05, 4.69) is 23.7 Å². The monoisotopic (exact) mass is 279 g/mol. The second-order valence-electron chi connectivity index (χ2n) is 5.09. The third-order valence-electron chi connectivity index (χ3n) is 3.24. The standard InChI is InChI=1S/C13H17N3O2S/c1-9-6-15(7-10(2)18-9)8-11-5-12(17)16-3-4-19-13(16)14-11/h3-5,9-10H,6-8H2,1-2H3/t9-,10-/m1/s1. The largest absolute Gasteiger partial charge is 0.373 e. The van der Waals surface area contributed by atoms with Crippen LogP contribution in [0.15, 0.2) is 22.4 Å². The van der Waals surface area contributed by atoms with Crippen LogP contribution in [-0.4, -0.2) is 39.6 Å². The van der Waals surface area contributed by atoms with E-state index in [-0.39, 0.29) is 17.8 Å². The van der Waals surface area contributed by atoms with Crippen molar-refractivity contribution in [3.8, 4) is 0 Å². The van der Waals surface area contributed by atoms with E-state index in [9.17, 15) is 4.79 Å². The summed E-state index contributed by atoms with van der Waals surface area (Å²) in [6, 6.07) is 1.63. The third kappa shape index (κ3) is 2.70. The molecule has 5 nitrogen and oxygen atoms in total. The lowest BCUT2D eigenvalue weighted by Crippen LogP contribution is -2.45. The van der Waals surface area contributed by atoms with Gasteiger partial charge < -0.3 is 4.74 Å². The molecule has 19 heavy (non-hydrogen) atoms. The Morgan fingerprint density at radius 3 is 2.89 bits per heavy atom. The quantitative estimate of drug-likeness (QED) is 0.833. The van der Waals surface area contributed by atoms with Gasteiger partial charge in [-0.25, -0.2) is 4.98 Å². The van der Waals surface area contributed by atoms with E-state index >= 15 is 0 Å². The van der Waals surface area contributed by atoms with Crippen LogP contribution < -0.4 is 5.56 Å². The maximum absolute atomic E-state index is 11.9. The minimum atomic E-state index is -0.00407. The van der Waals surface area contributed by atoms with Gasteiger partial charge in [0, 0.05) is 37.3 Å². The number of fused-ring (bicyclic) bond motifs is 1. The second-order valence-corrected chi connectivity index (χ2v) is 5.97. The summed E-state index contributed by atoms with van der Waals surface area (Å²) in [6.07, 6.45) is 2.23. The van der Waals surface area contributed by atoms with Gasteiger partial charge in [0.1, 0.15) is 0 Å². The fraction of sp³-hybridized carbons (Fsp3) is 0.538. The molecule has 2 aromatic rings. The fourth-order valence-corrected chi connectivity index (χ4v) is 3.35. The van der Waals surface area contributed by atoms with Gasteiger partial charge in [0.2, 0.25) is 0 Å². The number of rotatable bonds is 2. The molecule has 0 N–H and O–H groups in total. The summed E-state index contributed by atoms with van der Waals surface area (Å²) in [5, 5.41) is 1.88. The van der Waals surface area contributed by atoms with E-state index in [1.165, 1.54) is 11.3 Å². The number of morpholine rings is 1. The molecule has 102 valence electrons. The average molecular weight is 279 g/mol. The summed E-state index contributed by atoms with van der Waals surface area (Å²) in [5.41, 5.74) is 0.837. The van der Waals surface area contributed by atoms with Crippen molar-refractivity contribution in [2.45, 2.75) is 32.6 Å². The van der Waals surface area contributed by atoms with Crippen molar-refractivity contribution in [1.82, 2.24) is 14.3 Å². The van der Waals surface area contributed by atoms with Crippen LogP contribution >= 0.6 is 11.3 Å². The fourth-order valence-electron chi connectivity index (χ4n) is 2.61. The molecule has 3 rings (SSSR count). The number of nitrogens with zero attached hydrogens (tertiary/aromatic N) is 3. The second kappa shape index (κ2) is 5.03. The summed E-state index contributed by atoms with van der Waals surface area (Å²) in [5.74, 6) is 0. The molecular weight excluding hydrogens is 262 g/mol. The first-order valence-corrected chi connectivity index (χ1v) is 7.33. The van der Waals surface area contributed by atoms with Crippen molar-refractivity contribution in [1.29, 1.82) is 0 Å². The zero-order valence-corrected chi connectivity index (χ0v) is 11.9. The first-order chi connectivity index (χ1) is 9.11. The normalized spacial score (nSPS) is 24.9. The summed E-state index contributed by atoms with van der Waals surface area (Å²) in [7, 11) is 0. The Labute approximate surface area is 115 Å². The van der Waals surface area contributed by atoms with Crippen LogP contribution in [0.3, 0.4) is 0 Å². The van der Waals surface area contributed by atoms with Gasteiger partial charge in [-0.05, 0) is 13.8 Å². The Balaban J connectivity index is 1.83. The number of hydrogen-bond acceptors (Lipinski definition) is 5. The number of aromatic nitrogens is 2. The number of ether oxygens (including phenoxy) is 1. The van der Waals surface area contributed by atoms with Crippen LogP contribution in [0.5, 0.6) is 0 Å². The molecule has 0 spiro atoms. The van der Waals surface area contributed by atoms with Gasteiger partial charge in [0.05, 0.1) is 17.9 Å². The molecular formula is C13H17N3O2S. The van der Waals surface area contributed by atoms with Gasteiger partial charge in [0.25, 0.3) is 5.56 Å². The predicted octanol–water partition coefficient (Wildman–Crippen LogP) is 1.37. The van der Waals surface area contributed by atoms with Crippen LogP contribution in [0.4, 0.5) is 0 Å². The Morgan fingerprint density at radius 1 is 1.42 bits per heavy atom. The molecule has 2 atom stereocenters. The van der Waals surface area contributed by atoms with E-state index in [0.717, 1.165) is 23.7 Å². The lowest BCUT2D eigenvalue weighted by atomic mass is 10.2. The van der Waals surface area contributed by atoms with E-state index < -0.39 is 0 Å². The topological polar surface area (TPSA) is 46.8 Å². The Morgan fingerprint density at radius 2 is 2.16 bits per heavy atom. The minimum absolute atomic E-state index is 0.00407. The molecule has 3 heterocycles. The zero-order valence-electron chi connectivity index (χ0n) is 11.1. The first-order valence-electron chi connectivity index (χ1n) is 6.45. The molecule has 0 aliphatic carbocycles. The predicted molar refractivity (Wildman–Crippen MR) is 74.6 cm³/mol. The summed E-state index contributed by atoms with van der Waals surface area (Å²) in [4.78, 5) is 19.5. The molecule has 0 radical (unpaired) electrons. The van der Waals surface area contributed by atoms with Crippen molar-refractivity contribution in [2.75, 3.05) is 13.1 Å². The Bertz CT molecular complexity index is 626. The molecule has 0 saturated carbocycles. The highest BCUT2D eigenvalue weighted by molar-refractivity contribution is 7.15. The number of thiazole rings is 1. The van der Waals surface area contributed by atoms with Crippen LogP contribution in [0.1, 0.15) is 19.5 Å². The maximum Gasteiger partial charge on any atom is 0.258 e. The SMILES string of the molecule is C[C@@H]1CN(Cc2cc(=O)n3ccsc3n2)C[C@@H](C)O1. The Hall–Kier alpha value is -1.24. The molecule has 6 heteroatoms. The average Bonchev–Trinajstić information content (AvgIpc) is 2.75. The van der Waals surface area contributed by atoms with Gasteiger partial charge in [-0.3, -0.25) is 14.1 Å². The highest BCUT2D eigenvalue weighted by Crippen LogP contribution is 2.14. The van der Waals surface area contributed by atoms with Gasteiger partial charge in [0.15, 0.2) is 4.96 Å². The molecule has 0 amide bonds. The van der Waals surface area contributed by atoms with Crippen LogP contribution in [0.2, 0.25) is 0 Å². The summed E-state index contributed by atoms with van der Waals surface area (Å²) in [6.45, 7) is 6.63. The third-order valence-corrected chi connectivity index (χ3v) is 3.99. The molecule has 2 aromatic heterocycles. The molecule has 1 saturated heterocycles. The van der Waals surface area contributed by atoms with E-state index in [4.69, 9.17) is 4.74 Å². The van der Waals surface area contributed by atoms with Gasteiger partial charge in [-0.2, -0.15) is 0 Å². The Kier molecular flexibility index (Phi) is 3.38. The molecule has 0 unspecified atom stereocenters. The molecule has 1 aliphatic rings. The minimum Gasteiger partial charge on any atom is -0.373 e. The molecule has 0 aromatic carbocycles. The van der Waals surface area contributed by atoms with E-state index in [1.54, 1.807) is 16.7 Å². The summed E-state index contributed by atoms with van der Waals surface area (Å²) >= 11 is 1.49. The lowest BCUT2D eigenvalue weighted by Gasteiger charge is -2.34. The van der Waals surface area contributed by atoms with Gasteiger partial charge >= 0.3 is 0 Å². The van der Waals surface area contributed by atoms with E-state index in [1.807, 2.05) is 5.38 Å². The van der Waals surface area contributed by atoms with Crippen molar-refractivity contribution in [3.63, 3.8) is 0 Å². The van der Waals surface area contributed by atoms with Crippen LogP contribution in [-0.2, 0) is 11.3 Å². The van der Waals surface area contributed by atoms with Gasteiger partial charge in [-0.1, -0.05) is 0 Å². The van der Waals surface area contributed by atoms with Crippen molar-refractivity contribution < 1.29 is 4.74 Å². The first kappa shape index (κ1) is 12.8. The van der Waals surface area contributed by atoms with Crippen LogP contribution in [0.25, 0.3) is 4.96 Å². The van der Waals surface area contributed by atoms with Crippen LogP contribution in [0, 0.1) is 0 Å². The molecule has 0 bridgehead atoms. The molecule has 1 aliphatic heterocycles. The highest BCUT2D eigenvalue weighted by atomic mass is 32.1.